The van der Waals surface area contributed by atoms with Crippen LogP contribution >= 0.6 is 0 Å². The quantitative estimate of drug-likeness (QED) is 0.561. The number of carbonyl (C=O) groups excluding carboxylic acids is 1. The van der Waals surface area contributed by atoms with Crippen molar-refractivity contribution in [2.24, 2.45) is 11.3 Å². The fraction of sp³-hybridized carbons (Fsp3) is 0.552. The Balaban J connectivity index is 1.38. The topological polar surface area (TPSA) is 50.8 Å². The third-order valence-electron chi connectivity index (χ3n) is 7.99. The maximum absolute atomic E-state index is 15.5. The second-order valence-electron chi connectivity index (χ2n) is 11.4. The first-order valence-electron chi connectivity index (χ1n) is 13.0. The molecule has 0 saturated carbocycles. The number of nitrogens with one attached hydrogen (secondary N) is 1. The average Bonchev–Trinajstić information content (AvgIpc) is 2.81. The number of nitrogens with zero attached hydrogens (tertiary/aromatic N) is 1. The molecule has 2 aromatic carbocycles. The van der Waals surface area contributed by atoms with E-state index in [4.69, 9.17) is 9.47 Å². The van der Waals surface area contributed by atoms with Gasteiger partial charge in [0.1, 0.15) is 17.7 Å². The molecule has 4 aliphatic rings. The molecule has 3 saturated heterocycles. The van der Waals surface area contributed by atoms with Crippen LogP contribution in [0.25, 0.3) is 11.1 Å². The zero-order valence-corrected chi connectivity index (χ0v) is 21.3. The number of rotatable bonds is 5. The molecular weight excluding hydrogens is 443 g/mol. The van der Waals surface area contributed by atoms with Crippen LogP contribution in [0.2, 0.25) is 0 Å². The lowest BCUT2D eigenvalue weighted by molar-refractivity contribution is -0.0353. The number of aryl methyl sites for hydroxylation is 1. The van der Waals surface area contributed by atoms with Crippen molar-refractivity contribution >= 4 is 6.09 Å². The van der Waals surface area contributed by atoms with Crippen molar-refractivity contribution in [1.29, 1.82) is 0 Å². The largest absolute Gasteiger partial charge is 0.491 e. The number of hydrogen-bond acceptors (Lipinski definition) is 4. The first-order chi connectivity index (χ1) is 16.7. The van der Waals surface area contributed by atoms with Crippen LogP contribution < -0.4 is 10.1 Å². The summed E-state index contributed by atoms with van der Waals surface area (Å²) < 4.78 is 27.2. The Morgan fingerprint density at radius 2 is 1.94 bits per heavy atom. The van der Waals surface area contributed by atoms with E-state index in [0.29, 0.717) is 11.5 Å². The number of ether oxygens (including phenoxy) is 2. The predicted octanol–water partition coefficient (Wildman–Crippen LogP) is 6.11. The fourth-order valence-electron chi connectivity index (χ4n) is 5.98. The number of halogens is 1. The minimum Gasteiger partial charge on any atom is -0.491 e. The zero-order valence-electron chi connectivity index (χ0n) is 21.3. The lowest BCUT2D eigenvalue weighted by atomic mass is 9.70. The number of alkyl carbamates (subject to hydrolysis) is 1. The van der Waals surface area contributed by atoms with Gasteiger partial charge in [0.05, 0.1) is 12.1 Å². The number of carbonyl (C=O) groups is 1. The van der Waals surface area contributed by atoms with Gasteiger partial charge in [0, 0.05) is 12.1 Å². The summed E-state index contributed by atoms with van der Waals surface area (Å²) in [5.41, 5.74) is 3.07. The van der Waals surface area contributed by atoms with E-state index in [1.54, 1.807) is 6.07 Å². The Morgan fingerprint density at radius 1 is 1.17 bits per heavy atom. The third kappa shape index (κ3) is 5.04. The lowest BCUT2D eigenvalue weighted by Gasteiger charge is -2.44. The van der Waals surface area contributed by atoms with Crippen LogP contribution in [0.5, 0.6) is 5.75 Å². The Hall–Kier alpha value is -2.60. The molecule has 6 heteroatoms. The normalized spacial score (nSPS) is 26.8. The number of benzene rings is 2. The third-order valence-corrected chi connectivity index (χ3v) is 7.99. The molecule has 6 rings (SSSR count). The number of piperidine rings is 3. The van der Waals surface area contributed by atoms with Gasteiger partial charge >= 0.3 is 6.09 Å². The van der Waals surface area contributed by atoms with Crippen LogP contribution in [0.1, 0.15) is 64.1 Å². The highest BCUT2D eigenvalue weighted by Gasteiger charge is 2.40. The standard InChI is InChI=1S/C29H37FN2O3/c1-18(2)34-22-7-5-6-20(14-22)23-15-21-8-11-29(3,4)27(24(21)16-25(23)30)31-28(33)35-26-17-32-12-9-19(26)10-13-32/h5-7,14-16,18-19,26-27H,8-13,17H2,1-4H3,(H,31,33)/t26-,27-/m0/s1. The SMILES string of the molecule is CC(C)Oc1cccc(-c2cc3c(cc2F)[C@H](NC(=O)O[C@H]2CN4CCC2CC4)C(C)(C)CC3)c1. The summed E-state index contributed by atoms with van der Waals surface area (Å²) in [6.07, 6.45) is 3.52. The Labute approximate surface area is 208 Å². The minimum absolute atomic E-state index is 0.0495. The summed E-state index contributed by atoms with van der Waals surface area (Å²) in [6.45, 7) is 11.2. The molecule has 35 heavy (non-hydrogen) atoms. The zero-order chi connectivity index (χ0) is 24.7. The molecule has 0 radical (unpaired) electrons. The number of fused-ring (bicyclic) bond motifs is 4. The molecule has 1 N–H and O–H groups in total. The van der Waals surface area contributed by atoms with Crippen molar-refractivity contribution in [3.63, 3.8) is 0 Å². The van der Waals surface area contributed by atoms with Gasteiger partial charge in [0.15, 0.2) is 0 Å². The molecule has 2 aromatic rings. The van der Waals surface area contributed by atoms with Crippen molar-refractivity contribution in [2.45, 2.75) is 71.6 Å². The molecule has 3 aliphatic heterocycles. The van der Waals surface area contributed by atoms with Crippen LogP contribution in [0.4, 0.5) is 9.18 Å². The van der Waals surface area contributed by atoms with E-state index in [9.17, 15) is 4.79 Å². The van der Waals surface area contributed by atoms with Crippen molar-refractivity contribution < 1.29 is 18.7 Å². The van der Waals surface area contributed by atoms with Crippen molar-refractivity contribution in [2.75, 3.05) is 19.6 Å². The molecule has 0 unspecified atom stereocenters. The van der Waals surface area contributed by atoms with Crippen molar-refractivity contribution in [1.82, 2.24) is 10.2 Å². The highest BCUT2D eigenvalue weighted by Crippen LogP contribution is 2.45. The van der Waals surface area contributed by atoms with Crippen LogP contribution in [0.3, 0.4) is 0 Å². The molecule has 1 amide bonds. The molecule has 0 aromatic heterocycles. The number of amides is 1. The highest BCUT2D eigenvalue weighted by atomic mass is 19.1. The summed E-state index contributed by atoms with van der Waals surface area (Å²) in [4.78, 5) is 15.4. The maximum Gasteiger partial charge on any atom is 0.407 e. The van der Waals surface area contributed by atoms with Crippen molar-refractivity contribution in [3.05, 3.63) is 53.3 Å². The van der Waals surface area contributed by atoms with E-state index in [2.05, 4.69) is 24.1 Å². The number of hydrogen-bond donors (Lipinski definition) is 1. The van der Waals surface area contributed by atoms with E-state index < -0.39 is 6.09 Å². The summed E-state index contributed by atoms with van der Waals surface area (Å²) in [6, 6.07) is 10.8. The van der Waals surface area contributed by atoms with Gasteiger partial charge in [-0.1, -0.05) is 26.0 Å². The van der Waals surface area contributed by atoms with E-state index in [-0.39, 0.29) is 29.5 Å². The lowest BCUT2D eigenvalue weighted by Crippen LogP contribution is -2.53. The van der Waals surface area contributed by atoms with Crippen LogP contribution in [0.15, 0.2) is 36.4 Å². The second-order valence-corrected chi connectivity index (χ2v) is 11.4. The van der Waals surface area contributed by atoms with Crippen LogP contribution in [0, 0.1) is 17.2 Å². The maximum atomic E-state index is 15.5. The van der Waals surface area contributed by atoms with Crippen molar-refractivity contribution in [3.8, 4) is 16.9 Å². The van der Waals surface area contributed by atoms with Crippen LogP contribution in [-0.2, 0) is 11.2 Å². The molecule has 0 spiro atoms. The first kappa shape index (κ1) is 24.1. The molecule has 2 bridgehead atoms. The van der Waals surface area contributed by atoms with Gasteiger partial charge in [-0.25, -0.2) is 9.18 Å². The predicted molar refractivity (Wildman–Crippen MR) is 135 cm³/mol. The second kappa shape index (κ2) is 9.45. The smallest absolute Gasteiger partial charge is 0.407 e. The van der Waals surface area contributed by atoms with E-state index in [1.165, 1.54) is 0 Å². The molecule has 5 nitrogen and oxygen atoms in total. The Morgan fingerprint density at radius 3 is 2.63 bits per heavy atom. The monoisotopic (exact) mass is 480 g/mol. The Bertz CT molecular complexity index is 1090. The van der Waals surface area contributed by atoms with Gasteiger partial charge in [-0.3, -0.25) is 4.90 Å². The van der Waals surface area contributed by atoms with Gasteiger partial charge in [0.25, 0.3) is 0 Å². The summed E-state index contributed by atoms with van der Waals surface area (Å²) in [5, 5.41) is 3.12. The van der Waals surface area contributed by atoms with Gasteiger partial charge in [-0.2, -0.15) is 0 Å². The van der Waals surface area contributed by atoms with E-state index in [1.807, 2.05) is 44.2 Å². The Kier molecular flexibility index (Phi) is 6.51. The minimum atomic E-state index is -0.391. The van der Waals surface area contributed by atoms with Gasteiger partial charge < -0.3 is 14.8 Å². The van der Waals surface area contributed by atoms with Gasteiger partial charge in [0.2, 0.25) is 0 Å². The van der Waals surface area contributed by atoms with Gasteiger partial charge in [-0.05, 0) is 105 Å². The molecule has 1 aliphatic carbocycles. The van der Waals surface area contributed by atoms with E-state index in [0.717, 1.165) is 67.8 Å². The molecular formula is C29H37FN2O3. The molecule has 3 heterocycles. The molecule has 2 atom stereocenters. The fourth-order valence-corrected chi connectivity index (χ4v) is 5.98. The van der Waals surface area contributed by atoms with Gasteiger partial charge in [-0.15, -0.1) is 0 Å². The highest BCUT2D eigenvalue weighted by molar-refractivity contribution is 5.70. The van der Waals surface area contributed by atoms with Crippen LogP contribution in [-0.4, -0.2) is 42.8 Å². The summed E-state index contributed by atoms with van der Waals surface area (Å²) in [5.74, 6) is 0.888. The summed E-state index contributed by atoms with van der Waals surface area (Å²) >= 11 is 0. The molecule has 3 fully saturated rings. The molecule has 188 valence electrons. The summed E-state index contributed by atoms with van der Waals surface area (Å²) in [7, 11) is 0. The average molecular weight is 481 g/mol. The van der Waals surface area contributed by atoms with E-state index >= 15 is 4.39 Å². The first-order valence-corrected chi connectivity index (χ1v) is 13.0.